The summed E-state index contributed by atoms with van der Waals surface area (Å²) >= 11 is 0. The highest BCUT2D eigenvalue weighted by molar-refractivity contribution is 5.16. The first kappa shape index (κ1) is 11.2. The Morgan fingerprint density at radius 3 is 2.71 bits per heavy atom. The van der Waals surface area contributed by atoms with Crippen molar-refractivity contribution in [2.75, 3.05) is 19.7 Å². The summed E-state index contributed by atoms with van der Waals surface area (Å²) in [6, 6.07) is 10.8. The molecule has 2 N–H and O–H groups in total. The van der Waals surface area contributed by atoms with Gasteiger partial charge in [-0.25, -0.2) is 0 Å². The molecule has 0 unspecified atom stereocenters. The van der Waals surface area contributed by atoms with E-state index in [0.717, 1.165) is 19.6 Å². The van der Waals surface area contributed by atoms with Crippen LogP contribution >= 0.6 is 0 Å². The number of hydrogen-bond acceptors (Lipinski definition) is 3. The quantitative estimate of drug-likeness (QED) is 0.815. The Balaban J connectivity index is 1.70. The first-order chi connectivity index (χ1) is 8.31. The molecule has 1 aliphatic heterocycles. The van der Waals surface area contributed by atoms with Crippen molar-refractivity contribution in [3.05, 3.63) is 35.9 Å². The summed E-state index contributed by atoms with van der Waals surface area (Å²) in [4.78, 5) is 2.43. The number of rotatable bonds is 3. The minimum atomic E-state index is 0.246. The second-order valence-electron chi connectivity index (χ2n) is 5.39. The van der Waals surface area contributed by atoms with Crippen LogP contribution in [-0.4, -0.2) is 41.3 Å². The lowest BCUT2D eigenvalue weighted by Gasteiger charge is -2.40. The van der Waals surface area contributed by atoms with Crippen molar-refractivity contribution in [2.45, 2.75) is 31.0 Å². The predicted octanol–water partition coefficient (Wildman–Crippen LogP) is 0.985. The second-order valence-corrected chi connectivity index (χ2v) is 5.39. The van der Waals surface area contributed by atoms with Gasteiger partial charge in [-0.2, -0.15) is 0 Å². The average molecular weight is 232 g/mol. The number of aliphatic hydroxyl groups excluding tert-OH is 1. The van der Waals surface area contributed by atoms with Gasteiger partial charge in [-0.05, 0) is 18.4 Å². The van der Waals surface area contributed by atoms with Gasteiger partial charge < -0.3 is 10.4 Å². The third-order valence-electron chi connectivity index (χ3n) is 4.03. The van der Waals surface area contributed by atoms with Crippen LogP contribution in [0.3, 0.4) is 0 Å². The monoisotopic (exact) mass is 232 g/mol. The molecule has 2 fully saturated rings. The van der Waals surface area contributed by atoms with Crippen LogP contribution in [0.2, 0.25) is 0 Å². The summed E-state index contributed by atoms with van der Waals surface area (Å²) in [6.07, 6.45) is 2.58. The molecule has 1 aliphatic carbocycles. The molecule has 0 aromatic heterocycles. The molecule has 3 nitrogen and oxygen atoms in total. The number of nitrogens with one attached hydrogen (secondary N) is 1. The van der Waals surface area contributed by atoms with Gasteiger partial charge in [0.1, 0.15) is 0 Å². The summed E-state index contributed by atoms with van der Waals surface area (Å²) in [5.41, 5.74) is 1.71. The topological polar surface area (TPSA) is 35.5 Å². The van der Waals surface area contributed by atoms with Crippen molar-refractivity contribution in [1.29, 1.82) is 0 Å². The van der Waals surface area contributed by atoms with Gasteiger partial charge in [-0.1, -0.05) is 30.3 Å². The molecule has 0 radical (unpaired) electrons. The van der Waals surface area contributed by atoms with Crippen LogP contribution in [0.15, 0.2) is 30.3 Å². The predicted molar refractivity (Wildman–Crippen MR) is 67.7 cm³/mol. The van der Waals surface area contributed by atoms with E-state index in [2.05, 4.69) is 34.5 Å². The summed E-state index contributed by atoms with van der Waals surface area (Å²) in [5, 5.41) is 13.0. The van der Waals surface area contributed by atoms with Gasteiger partial charge in [0.25, 0.3) is 0 Å². The van der Waals surface area contributed by atoms with Gasteiger partial charge in [0.2, 0.25) is 0 Å². The second kappa shape index (κ2) is 4.41. The van der Waals surface area contributed by atoms with E-state index in [-0.39, 0.29) is 12.6 Å². The maximum Gasteiger partial charge on any atom is 0.0599 e. The molecule has 1 atom stereocenters. The standard InChI is InChI=1S/C14H20N2O/c17-10-13-8-15-14(6-7-14)11-16(13)9-12-4-2-1-3-5-12/h1-5,13,15,17H,6-11H2/t13-/m1/s1. The molecule has 3 rings (SSSR count). The lowest BCUT2D eigenvalue weighted by molar-refractivity contribution is 0.0687. The van der Waals surface area contributed by atoms with E-state index in [0.29, 0.717) is 5.54 Å². The van der Waals surface area contributed by atoms with Crippen molar-refractivity contribution in [1.82, 2.24) is 10.2 Å². The SMILES string of the molecule is OC[C@H]1CNC2(CC2)CN1Cc1ccccc1. The number of nitrogens with zero attached hydrogens (tertiary/aromatic N) is 1. The summed E-state index contributed by atoms with van der Waals surface area (Å²) in [6.45, 7) is 3.20. The maximum atomic E-state index is 9.45. The van der Waals surface area contributed by atoms with Crippen LogP contribution in [-0.2, 0) is 6.54 Å². The third-order valence-corrected chi connectivity index (χ3v) is 4.03. The van der Waals surface area contributed by atoms with Crippen molar-refractivity contribution >= 4 is 0 Å². The molecule has 1 saturated carbocycles. The highest BCUT2D eigenvalue weighted by Crippen LogP contribution is 2.38. The minimum absolute atomic E-state index is 0.246. The lowest BCUT2D eigenvalue weighted by atomic mass is 10.1. The van der Waals surface area contributed by atoms with Crippen LogP contribution in [0, 0.1) is 0 Å². The van der Waals surface area contributed by atoms with Gasteiger partial charge in [0, 0.05) is 31.2 Å². The summed E-state index contributed by atoms with van der Waals surface area (Å²) in [5.74, 6) is 0. The first-order valence-electron chi connectivity index (χ1n) is 6.45. The van der Waals surface area contributed by atoms with Gasteiger partial charge >= 0.3 is 0 Å². The van der Waals surface area contributed by atoms with Crippen molar-refractivity contribution in [2.24, 2.45) is 0 Å². The van der Waals surface area contributed by atoms with E-state index in [1.807, 2.05) is 6.07 Å². The third kappa shape index (κ3) is 2.37. The Morgan fingerprint density at radius 1 is 1.29 bits per heavy atom. The molecule has 2 aliphatic rings. The van der Waals surface area contributed by atoms with E-state index < -0.39 is 0 Å². The van der Waals surface area contributed by atoms with Crippen molar-refractivity contribution in [3.8, 4) is 0 Å². The molecule has 92 valence electrons. The molecule has 1 saturated heterocycles. The van der Waals surface area contributed by atoms with Crippen molar-refractivity contribution < 1.29 is 5.11 Å². The van der Waals surface area contributed by atoms with Crippen LogP contribution in [0.25, 0.3) is 0 Å². The Bertz CT molecular complexity index is 375. The fourth-order valence-corrected chi connectivity index (χ4v) is 2.71. The average Bonchev–Trinajstić information content (AvgIpc) is 3.10. The molecule has 17 heavy (non-hydrogen) atoms. The molecule has 3 heteroatoms. The number of benzene rings is 1. The molecular formula is C14H20N2O. The summed E-state index contributed by atoms with van der Waals surface area (Å²) in [7, 11) is 0. The Hall–Kier alpha value is -0.900. The number of hydrogen-bond donors (Lipinski definition) is 2. The maximum absolute atomic E-state index is 9.45. The zero-order valence-corrected chi connectivity index (χ0v) is 10.1. The van der Waals surface area contributed by atoms with Crippen LogP contribution < -0.4 is 5.32 Å². The fraction of sp³-hybridized carbons (Fsp3) is 0.571. The lowest BCUT2D eigenvalue weighted by Crippen LogP contribution is -2.58. The largest absolute Gasteiger partial charge is 0.395 e. The highest BCUT2D eigenvalue weighted by Gasteiger charge is 2.47. The van der Waals surface area contributed by atoms with E-state index in [4.69, 9.17) is 0 Å². The van der Waals surface area contributed by atoms with E-state index in [9.17, 15) is 5.11 Å². The molecule has 0 bridgehead atoms. The molecule has 0 amide bonds. The minimum Gasteiger partial charge on any atom is -0.395 e. The first-order valence-corrected chi connectivity index (χ1v) is 6.45. The Kier molecular flexibility index (Phi) is 2.90. The van der Waals surface area contributed by atoms with Gasteiger partial charge in [0.15, 0.2) is 0 Å². The zero-order chi connectivity index (χ0) is 11.7. The Labute approximate surface area is 102 Å². The fourth-order valence-electron chi connectivity index (χ4n) is 2.71. The van der Waals surface area contributed by atoms with Crippen LogP contribution in [0.4, 0.5) is 0 Å². The van der Waals surface area contributed by atoms with E-state index in [1.165, 1.54) is 18.4 Å². The zero-order valence-electron chi connectivity index (χ0n) is 10.1. The molecule has 1 aromatic rings. The number of piperazine rings is 1. The number of aliphatic hydroxyl groups is 1. The smallest absolute Gasteiger partial charge is 0.0599 e. The van der Waals surface area contributed by atoms with Gasteiger partial charge in [-0.15, -0.1) is 0 Å². The van der Waals surface area contributed by atoms with Crippen molar-refractivity contribution in [3.63, 3.8) is 0 Å². The summed E-state index contributed by atoms with van der Waals surface area (Å²) < 4.78 is 0. The van der Waals surface area contributed by atoms with E-state index >= 15 is 0 Å². The Morgan fingerprint density at radius 2 is 2.06 bits per heavy atom. The van der Waals surface area contributed by atoms with Gasteiger partial charge in [0.05, 0.1) is 6.61 Å². The highest BCUT2D eigenvalue weighted by atomic mass is 16.3. The molecule has 1 spiro atoms. The van der Waals surface area contributed by atoms with Crippen LogP contribution in [0.1, 0.15) is 18.4 Å². The normalized spacial score (nSPS) is 27.2. The van der Waals surface area contributed by atoms with Gasteiger partial charge in [-0.3, -0.25) is 4.90 Å². The van der Waals surface area contributed by atoms with Crippen LogP contribution in [0.5, 0.6) is 0 Å². The molecule has 1 heterocycles. The van der Waals surface area contributed by atoms with E-state index in [1.54, 1.807) is 0 Å². The molecule has 1 aromatic carbocycles. The molecular weight excluding hydrogens is 212 g/mol.